The average Bonchev–Trinajstić information content (AvgIpc) is 3.24. The van der Waals surface area contributed by atoms with E-state index in [9.17, 15) is 4.79 Å². The topological polar surface area (TPSA) is 90.6 Å². The number of nitrogens with one attached hydrogen (secondary N) is 1. The molecule has 0 aromatic carbocycles. The minimum atomic E-state index is -0.0946. The Labute approximate surface area is 126 Å². The second-order valence-corrected chi connectivity index (χ2v) is 5.50. The Morgan fingerprint density at radius 3 is 3.27 bits per heavy atom. The summed E-state index contributed by atoms with van der Waals surface area (Å²) in [5.74, 6) is -0.0946. The molecule has 1 unspecified atom stereocenters. The van der Waals surface area contributed by atoms with E-state index in [4.69, 9.17) is 5.26 Å². The van der Waals surface area contributed by atoms with E-state index in [0.29, 0.717) is 13.1 Å². The second kappa shape index (κ2) is 4.84. The summed E-state index contributed by atoms with van der Waals surface area (Å²) in [6.07, 6.45) is 6.27. The number of fused-ring (bicyclic) bond motifs is 3. The highest BCUT2D eigenvalue weighted by Gasteiger charge is 2.28. The van der Waals surface area contributed by atoms with Crippen molar-refractivity contribution in [1.29, 1.82) is 5.26 Å². The lowest BCUT2D eigenvalue weighted by Crippen LogP contribution is -2.28. The molecule has 0 spiro atoms. The molecular weight excluding hydrogens is 280 g/mol. The second-order valence-electron chi connectivity index (χ2n) is 5.50. The number of hydrogen-bond donors (Lipinski definition) is 1. The SMILES string of the molecule is N#CCC(=O)N1CCC(n2cnc3cnc4[nH]ccc4c32)C1. The fourth-order valence-corrected chi connectivity index (χ4v) is 3.18. The van der Waals surface area contributed by atoms with Crippen LogP contribution in [0.1, 0.15) is 18.9 Å². The van der Waals surface area contributed by atoms with Crippen LogP contribution < -0.4 is 0 Å². The van der Waals surface area contributed by atoms with Gasteiger partial charge in [0.2, 0.25) is 5.91 Å². The van der Waals surface area contributed by atoms with Crippen LogP contribution in [0.4, 0.5) is 0 Å². The van der Waals surface area contributed by atoms with E-state index < -0.39 is 0 Å². The molecule has 3 aromatic heterocycles. The number of aromatic amines is 1. The maximum Gasteiger partial charge on any atom is 0.236 e. The van der Waals surface area contributed by atoms with E-state index in [1.54, 1.807) is 11.1 Å². The highest BCUT2D eigenvalue weighted by Crippen LogP contribution is 2.29. The van der Waals surface area contributed by atoms with Gasteiger partial charge >= 0.3 is 0 Å². The first-order valence-electron chi connectivity index (χ1n) is 7.21. The summed E-state index contributed by atoms with van der Waals surface area (Å²) in [6, 6.07) is 4.11. The number of imidazole rings is 1. The lowest BCUT2D eigenvalue weighted by molar-refractivity contribution is -0.129. The maximum absolute atomic E-state index is 11.9. The Bertz CT molecular complexity index is 902. The first-order valence-corrected chi connectivity index (χ1v) is 7.21. The van der Waals surface area contributed by atoms with Crippen molar-refractivity contribution in [3.05, 3.63) is 24.8 Å². The lowest BCUT2D eigenvalue weighted by atomic mass is 10.2. The highest BCUT2D eigenvalue weighted by atomic mass is 16.2. The number of pyridine rings is 1. The molecule has 1 N–H and O–H groups in total. The molecule has 1 amide bonds. The Balaban J connectivity index is 1.72. The molecule has 1 atom stereocenters. The van der Waals surface area contributed by atoms with Crippen molar-refractivity contribution in [3.63, 3.8) is 0 Å². The third-order valence-electron chi connectivity index (χ3n) is 4.26. The number of nitriles is 1. The molecule has 4 rings (SSSR count). The minimum Gasteiger partial charge on any atom is -0.346 e. The summed E-state index contributed by atoms with van der Waals surface area (Å²) < 4.78 is 2.13. The van der Waals surface area contributed by atoms with Crippen LogP contribution in [0.25, 0.3) is 22.1 Å². The van der Waals surface area contributed by atoms with E-state index >= 15 is 0 Å². The summed E-state index contributed by atoms with van der Waals surface area (Å²) in [4.78, 5) is 25.5. The first kappa shape index (κ1) is 12.8. The van der Waals surface area contributed by atoms with Crippen LogP contribution in [0.5, 0.6) is 0 Å². The van der Waals surface area contributed by atoms with Gasteiger partial charge in [-0.15, -0.1) is 0 Å². The van der Waals surface area contributed by atoms with Crippen LogP contribution in [0, 0.1) is 11.3 Å². The number of likely N-dealkylation sites (tertiary alicyclic amines) is 1. The van der Waals surface area contributed by atoms with Gasteiger partial charge in [-0.05, 0) is 12.5 Å². The van der Waals surface area contributed by atoms with E-state index in [0.717, 1.165) is 28.5 Å². The molecule has 3 aromatic rings. The van der Waals surface area contributed by atoms with E-state index in [1.165, 1.54) is 0 Å². The van der Waals surface area contributed by atoms with E-state index in [2.05, 4.69) is 19.5 Å². The standard InChI is InChI=1S/C15H14N6O/c16-4-1-13(22)20-6-3-10(8-20)21-9-19-12-7-18-15-11(14(12)21)2-5-17-15/h2,5,7,9-10H,1,3,6,8H2,(H,17,18). The van der Waals surface area contributed by atoms with E-state index in [-0.39, 0.29) is 18.4 Å². The molecular formula is C15H14N6O. The van der Waals surface area contributed by atoms with Gasteiger partial charge in [-0.1, -0.05) is 0 Å². The quantitative estimate of drug-likeness (QED) is 0.777. The fourth-order valence-electron chi connectivity index (χ4n) is 3.18. The van der Waals surface area contributed by atoms with Crippen molar-refractivity contribution in [2.75, 3.05) is 13.1 Å². The molecule has 1 fully saturated rings. The zero-order valence-electron chi connectivity index (χ0n) is 11.9. The fraction of sp³-hybridized carbons (Fsp3) is 0.333. The smallest absolute Gasteiger partial charge is 0.236 e. The number of nitrogens with zero attached hydrogens (tertiary/aromatic N) is 5. The summed E-state index contributed by atoms with van der Waals surface area (Å²) in [5.41, 5.74) is 2.74. The number of amides is 1. The molecule has 110 valence electrons. The predicted molar refractivity (Wildman–Crippen MR) is 79.8 cm³/mol. The predicted octanol–water partition coefficient (Wildman–Crippen LogP) is 1.60. The highest BCUT2D eigenvalue weighted by molar-refractivity contribution is 6.01. The third-order valence-corrected chi connectivity index (χ3v) is 4.26. The summed E-state index contributed by atoms with van der Waals surface area (Å²) in [6.45, 7) is 1.31. The number of carbonyl (C=O) groups excluding carboxylic acids is 1. The molecule has 1 saturated heterocycles. The molecule has 0 bridgehead atoms. The molecule has 1 aliphatic rings. The van der Waals surface area contributed by atoms with Crippen molar-refractivity contribution >= 4 is 28.0 Å². The largest absolute Gasteiger partial charge is 0.346 e. The molecule has 22 heavy (non-hydrogen) atoms. The number of rotatable bonds is 2. The van der Waals surface area contributed by atoms with Crippen molar-refractivity contribution < 1.29 is 4.79 Å². The molecule has 7 heteroatoms. The summed E-state index contributed by atoms with van der Waals surface area (Å²) in [5, 5.41) is 9.70. The number of aromatic nitrogens is 4. The molecule has 0 radical (unpaired) electrons. The first-order chi connectivity index (χ1) is 10.8. The van der Waals surface area contributed by atoms with Crippen molar-refractivity contribution in [2.24, 2.45) is 0 Å². The van der Waals surface area contributed by atoms with Crippen LogP contribution in [0.15, 0.2) is 24.8 Å². The Morgan fingerprint density at radius 1 is 1.50 bits per heavy atom. The number of carbonyl (C=O) groups is 1. The molecule has 7 nitrogen and oxygen atoms in total. The lowest BCUT2D eigenvalue weighted by Gasteiger charge is -2.16. The van der Waals surface area contributed by atoms with Gasteiger partial charge in [0, 0.05) is 24.7 Å². The van der Waals surface area contributed by atoms with Crippen LogP contribution in [0.2, 0.25) is 0 Å². The Kier molecular flexibility index (Phi) is 2.82. The van der Waals surface area contributed by atoms with Gasteiger partial charge in [-0.25, -0.2) is 9.97 Å². The van der Waals surface area contributed by atoms with Crippen molar-refractivity contribution in [1.82, 2.24) is 24.4 Å². The van der Waals surface area contributed by atoms with Crippen LogP contribution in [0.3, 0.4) is 0 Å². The Hall–Kier alpha value is -2.88. The number of H-pyrrole nitrogens is 1. The molecule has 0 saturated carbocycles. The van der Waals surface area contributed by atoms with Gasteiger partial charge in [0.25, 0.3) is 0 Å². The molecule has 4 heterocycles. The monoisotopic (exact) mass is 294 g/mol. The zero-order chi connectivity index (χ0) is 15.1. The van der Waals surface area contributed by atoms with Gasteiger partial charge in [0.05, 0.1) is 30.2 Å². The third kappa shape index (κ3) is 1.84. The van der Waals surface area contributed by atoms with Gasteiger partial charge < -0.3 is 14.5 Å². The molecule has 0 aliphatic carbocycles. The van der Waals surface area contributed by atoms with Crippen molar-refractivity contribution in [2.45, 2.75) is 18.9 Å². The van der Waals surface area contributed by atoms with Gasteiger partial charge in [-0.2, -0.15) is 5.26 Å². The normalized spacial score (nSPS) is 18.1. The van der Waals surface area contributed by atoms with Gasteiger partial charge in [-0.3, -0.25) is 4.79 Å². The summed E-state index contributed by atoms with van der Waals surface area (Å²) in [7, 11) is 0. The Morgan fingerprint density at radius 2 is 2.41 bits per heavy atom. The number of hydrogen-bond acceptors (Lipinski definition) is 4. The van der Waals surface area contributed by atoms with E-state index in [1.807, 2.05) is 24.7 Å². The van der Waals surface area contributed by atoms with Crippen molar-refractivity contribution in [3.8, 4) is 6.07 Å². The van der Waals surface area contributed by atoms with Crippen LogP contribution in [-0.2, 0) is 4.79 Å². The van der Waals surface area contributed by atoms with Crippen LogP contribution in [-0.4, -0.2) is 43.4 Å². The zero-order valence-corrected chi connectivity index (χ0v) is 11.9. The van der Waals surface area contributed by atoms with Gasteiger partial charge in [0.15, 0.2) is 0 Å². The summed E-state index contributed by atoms with van der Waals surface area (Å²) >= 11 is 0. The average molecular weight is 294 g/mol. The van der Waals surface area contributed by atoms with Gasteiger partial charge in [0.1, 0.15) is 17.6 Å². The maximum atomic E-state index is 11.9. The van der Waals surface area contributed by atoms with Crippen LogP contribution >= 0.6 is 0 Å². The minimum absolute atomic E-state index is 0.0522. The molecule has 1 aliphatic heterocycles.